The van der Waals surface area contributed by atoms with Gasteiger partial charge in [0.15, 0.2) is 5.82 Å². The molecule has 1 heterocycles. The minimum Gasteiger partial charge on any atom is -0.368 e. The number of rotatable bonds is 7. The van der Waals surface area contributed by atoms with Gasteiger partial charge < -0.3 is 5.32 Å². The van der Waals surface area contributed by atoms with E-state index in [1.54, 1.807) is 12.1 Å². The number of halogens is 2. The lowest BCUT2D eigenvalue weighted by Gasteiger charge is -2.12. The summed E-state index contributed by atoms with van der Waals surface area (Å²) in [5.41, 5.74) is 1.57. The maximum absolute atomic E-state index is 12.4. The largest absolute Gasteiger partial charge is 0.368 e. The summed E-state index contributed by atoms with van der Waals surface area (Å²) in [6.45, 7) is 0.501. The van der Waals surface area contributed by atoms with Gasteiger partial charge in [-0.25, -0.2) is 23.1 Å². The monoisotopic (exact) mass is 472 g/mol. The summed E-state index contributed by atoms with van der Waals surface area (Å²) >= 11 is 12.0. The molecule has 3 aromatic carbocycles. The Kier molecular flexibility index (Phi) is 6.38. The average molecular weight is 473 g/mol. The van der Waals surface area contributed by atoms with Crippen LogP contribution in [0.1, 0.15) is 0 Å². The quantitative estimate of drug-likeness (QED) is 0.370. The van der Waals surface area contributed by atoms with Crippen molar-refractivity contribution in [2.45, 2.75) is 4.90 Å². The zero-order valence-electron chi connectivity index (χ0n) is 16.2. The van der Waals surface area contributed by atoms with Gasteiger partial charge in [-0.3, -0.25) is 0 Å². The van der Waals surface area contributed by atoms with Crippen molar-refractivity contribution in [3.05, 3.63) is 82.8 Å². The van der Waals surface area contributed by atoms with E-state index < -0.39 is 10.0 Å². The number of nitrogens with one attached hydrogen (secondary N) is 2. The highest BCUT2D eigenvalue weighted by molar-refractivity contribution is 7.89. The Morgan fingerprint density at radius 1 is 0.806 bits per heavy atom. The van der Waals surface area contributed by atoms with Gasteiger partial charge in [0.2, 0.25) is 10.0 Å². The van der Waals surface area contributed by atoms with Crippen molar-refractivity contribution in [1.82, 2.24) is 14.7 Å². The van der Waals surface area contributed by atoms with Crippen molar-refractivity contribution >= 4 is 49.9 Å². The molecule has 0 radical (unpaired) electrons. The molecule has 0 amide bonds. The molecule has 0 aliphatic heterocycles. The highest BCUT2D eigenvalue weighted by Gasteiger charge is 2.14. The molecular formula is C22H18Cl2N4O2S. The second-order valence-corrected chi connectivity index (χ2v) is 9.34. The molecule has 2 N–H and O–H groups in total. The van der Waals surface area contributed by atoms with E-state index in [4.69, 9.17) is 23.2 Å². The number of sulfonamides is 1. The molecule has 0 saturated carbocycles. The number of benzene rings is 3. The Hall–Kier alpha value is -2.71. The highest BCUT2D eigenvalue weighted by Crippen LogP contribution is 2.27. The number of hydrogen-bond donors (Lipinski definition) is 2. The molecule has 0 aliphatic carbocycles. The summed E-state index contributed by atoms with van der Waals surface area (Å²) in [4.78, 5) is 9.43. The Morgan fingerprint density at radius 2 is 1.52 bits per heavy atom. The molecule has 4 aromatic rings. The topological polar surface area (TPSA) is 84.0 Å². The van der Waals surface area contributed by atoms with E-state index >= 15 is 0 Å². The smallest absolute Gasteiger partial charge is 0.240 e. The normalized spacial score (nSPS) is 11.5. The minimum atomic E-state index is -3.63. The predicted molar refractivity (Wildman–Crippen MR) is 125 cm³/mol. The molecule has 6 nitrogen and oxygen atoms in total. The van der Waals surface area contributed by atoms with Crippen molar-refractivity contribution in [2.75, 3.05) is 18.4 Å². The summed E-state index contributed by atoms with van der Waals surface area (Å²) in [6.07, 6.45) is 0. The average Bonchev–Trinajstić information content (AvgIpc) is 2.77. The van der Waals surface area contributed by atoms with Gasteiger partial charge in [-0.15, -0.1) is 0 Å². The number of nitrogens with zero attached hydrogens (tertiary/aromatic N) is 2. The first-order chi connectivity index (χ1) is 14.9. The first kappa shape index (κ1) is 21.5. The number of anilines is 1. The Morgan fingerprint density at radius 3 is 2.26 bits per heavy atom. The van der Waals surface area contributed by atoms with Crippen LogP contribution < -0.4 is 10.0 Å². The third-order valence-corrected chi connectivity index (χ3v) is 6.49. The summed E-state index contributed by atoms with van der Waals surface area (Å²) < 4.78 is 27.4. The van der Waals surface area contributed by atoms with Gasteiger partial charge in [0.05, 0.1) is 10.4 Å². The molecule has 31 heavy (non-hydrogen) atoms. The maximum atomic E-state index is 12.4. The van der Waals surface area contributed by atoms with Crippen molar-refractivity contribution in [1.29, 1.82) is 0 Å². The van der Waals surface area contributed by atoms with Gasteiger partial charge >= 0.3 is 0 Å². The van der Waals surface area contributed by atoms with Gasteiger partial charge in [0, 0.05) is 34.1 Å². The van der Waals surface area contributed by atoms with Crippen LogP contribution in [0.25, 0.3) is 22.3 Å². The molecule has 0 unspecified atom stereocenters. The number of hydrogen-bond acceptors (Lipinski definition) is 5. The van der Waals surface area contributed by atoms with E-state index in [0.717, 1.165) is 10.9 Å². The molecule has 0 bridgehead atoms. The molecule has 0 fully saturated rings. The second-order valence-electron chi connectivity index (χ2n) is 6.70. The van der Waals surface area contributed by atoms with Crippen LogP contribution in [-0.4, -0.2) is 31.5 Å². The number of fused-ring (bicyclic) bond motifs is 1. The van der Waals surface area contributed by atoms with Crippen molar-refractivity contribution < 1.29 is 8.42 Å². The third-order valence-electron chi connectivity index (χ3n) is 4.52. The molecule has 9 heteroatoms. The summed E-state index contributed by atoms with van der Waals surface area (Å²) in [5.74, 6) is 1.16. The second kappa shape index (κ2) is 9.20. The standard InChI is InChI=1S/C22H18Cl2N4O2S/c23-16-6-9-18(10-7-16)31(29,30)26-13-12-25-22-19-11-8-17(24)14-20(19)27-21(28-22)15-4-2-1-3-5-15/h1-11,14,26H,12-13H2,(H,25,27,28). The van der Waals surface area contributed by atoms with E-state index in [-0.39, 0.29) is 11.4 Å². The Labute approximate surface area is 190 Å². The molecule has 4 rings (SSSR count). The number of aromatic nitrogens is 2. The lowest BCUT2D eigenvalue weighted by Crippen LogP contribution is -2.29. The lowest BCUT2D eigenvalue weighted by molar-refractivity contribution is 0.583. The molecule has 1 aromatic heterocycles. The predicted octanol–water partition coefficient (Wildman–Crippen LogP) is 4.99. The molecular weight excluding hydrogens is 455 g/mol. The van der Waals surface area contributed by atoms with Gasteiger partial charge in [-0.2, -0.15) is 0 Å². The molecule has 0 atom stereocenters. The Balaban J connectivity index is 1.53. The summed E-state index contributed by atoms with van der Waals surface area (Å²) in [7, 11) is -3.63. The fourth-order valence-corrected chi connectivity index (χ4v) is 4.34. The minimum absolute atomic E-state index is 0.158. The molecule has 158 valence electrons. The van der Waals surface area contributed by atoms with E-state index in [0.29, 0.717) is 33.7 Å². The first-order valence-corrected chi connectivity index (χ1v) is 11.7. The van der Waals surface area contributed by atoms with Crippen LogP contribution in [0.2, 0.25) is 10.0 Å². The van der Waals surface area contributed by atoms with Crippen LogP contribution in [0.4, 0.5) is 5.82 Å². The molecule has 0 spiro atoms. The van der Waals surface area contributed by atoms with Crippen molar-refractivity contribution in [3.63, 3.8) is 0 Å². The molecule has 0 saturated heterocycles. The maximum Gasteiger partial charge on any atom is 0.240 e. The fraction of sp³-hybridized carbons (Fsp3) is 0.0909. The van der Waals surface area contributed by atoms with E-state index in [2.05, 4.69) is 20.0 Å². The van der Waals surface area contributed by atoms with E-state index in [1.165, 1.54) is 24.3 Å². The van der Waals surface area contributed by atoms with Gasteiger partial charge in [-0.1, -0.05) is 53.5 Å². The van der Waals surface area contributed by atoms with Gasteiger partial charge in [0.1, 0.15) is 5.82 Å². The van der Waals surface area contributed by atoms with Gasteiger partial charge in [-0.05, 0) is 42.5 Å². The highest BCUT2D eigenvalue weighted by atomic mass is 35.5. The molecule has 0 aliphatic rings. The fourth-order valence-electron chi connectivity index (χ4n) is 3.02. The van der Waals surface area contributed by atoms with E-state index in [9.17, 15) is 8.42 Å². The van der Waals surface area contributed by atoms with Gasteiger partial charge in [0.25, 0.3) is 0 Å². The van der Waals surface area contributed by atoms with Crippen LogP contribution in [0, 0.1) is 0 Å². The summed E-state index contributed by atoms with van der Waals surface area (Å²) in [5, 5.41) is 5.06. The van der Waals surface area contributed by atoms with Crippen LogP contribution in [0.3, 0.4) is 0 Å². The SMILES string of the molecule is O=S(=O)(NCCNc1nc(-c2ccccc2)nc2cc(Cl)ccc12)c1ccc(Cl)cc1. The van der Waals surface area contributed by atoms with Crippen LogP contribution in [-0.2, 0) is 10.0 Å². The van der Waals surface area contributed by atoms with Crippen LogP contribution >= 0.6 is 23.2 Å². The van der Waals surface area contributed by atoms with Crippen LogP contribution in [0.15, 0.2) is 77.7 Å². The van der Waals surface area contributed by atoms with Crippen LogP contribution in [0.5, 0.6) is 0 Å². The van der Waals surface area contributed by atoms with E-state index in [1.807, 2.05) is 36.4 Å². The summed E-state index contributed by atoms with van der Waals surface area (Å²) in [6, 6.07) is 21.0. The first-order valence-electron chi connectivity index (χ1n) is 9.44. The van der Waals surface area contributed by atoms with Crippen molar-refractivity contribution in [2.24, 2.45) is 0 Å². The zero-order chi connectivity index (χ0) is 21.8. The third kappa shape index (κ3) is 5.14. The zero-order valence-corrected chi connectivity index (χ0v) is 18.5. The lowest BCUT2D eigenvalue weighted by atomic mass is 10.2. The van der Waals surface area contributed by atoms with Crippen molar-refractivity contribution in [3.8, 4) is 11.4 Å². The Bertz CT molecular complexity index is 1310.